The van der Waals surface area contributed by atoms with Gasteiger partial charge in [0.2, 0.25) is 0 Å². The third kappa shape index (κ3) is 4.41. The molecule has 0 bridgehead atoms. The van der Waals surface area contributed by atoms with Crippen molar-refractivity contribution in [3.63, 3.8) is 0 Å². The topological polar surface area (TPSA) is 89.8 Å². The van der Waals surface area contributed by atoms with Gasteiger partial charge in [0.1, 0.15) is 17.3 Å². The van der Waals surface area contributed by atoms with Crippen LogP contribution in [0.2, 0.25) is 0 Å². The number of nitrogens with zero attached hydrogens (tertiary/aromatic N) is 4. The zero-order valence-corrected chi connectivity index (χ0v) is 18.0. The molecule has 2 N–H and O–H groups in total. The summed E-state index contributed by atoms with van der Waals surface area (Å²) in [6.07, 6.45) is 2.31. The fourth-order valence-electron chi connectivity index (χ4n) is 3.20. The molecule has 9 heteroatoms. The number of hydrogen-bond donors (Lipinski definition) is 2. The number of amides is 1. The molecule has 158 valence electrons. The van der Waals surface area contributed by atoms with Crippen molar-refractivity contribution in [2.75, 3.05) is 13.7 Å². The molecule has 0 aliphatic heterocycles. The molecule has 0 saturated carbocycles. The molecule has 0 unspecified atom stereocenters. The zero-order valence-electron chi connectivity index (χ0n) is 17.2. The van der Waals surface area contributed by atoms with E-state index in [9.17, 15) is 4.79 Å². The van der Waals surface area contributed by atoms with E-state index >= 15 is 0 Å². The van der Waals surface area contributed by atoms with Gasteiger partial charge in [-0.2, -0.15) is 10.2 Å². The quantitative estimate of drug-likeness (QED) is 0.436. The summed E-state index contributed by atoms with van der Waals surface area (Å²) in [6.45, 7) is 0.421. The third-order valence-electron chi connectivity index (χ3n) is 4.95. The summed E-state index contributed by atoms with van der Waals surface area (Å²) in [5.41, 5.74) is 2.79. The highest BCUT2D eigenvalue weighted by atomic mass is 32.1. The Balaban J connectivity index is 1.60. The Morgan fingerprint density at radius 2 is 1.90 bits per heavy atom. The van der Waals surface area contributed by atoms with E-state index in [2.05, 4.69) is 15.5 Å². The standard InChI is InChI=1S/C22H22N6O2S/c1-27-19(24-25-22(27)31)12-13-23-21(29)18-14-28(16-6-4-3-5-7-16)26-20(18)15-8-10-17(30-2)11-9-15/h3-11,14H,12-13H2,1-2H3,(H,23,29)(H,25,31). The lowest BCUT2D eigenvalue weighted by molar-refractivity contribution is 0.0954. The number of aromatic nitrogens is 5. The molecule has 2 aromatic heterocycles. The average molecular weight is 435 g/mol. The fourth-order valence-corrected chi connectivity index (χ4v) is 3.35. The Hall–Kier alpha value is -3.72. The Kier molecular flexibility index (Phi) is 5.94. The number of carbonyl (C=O) groups excluding carboxylic acids is 1. The number of para-hydroxylation sites is 1. The van der Waals surface area contributed by atoms with Crippen LogP contribution in [0.15, 0.2) is 60.8 Å². The van der Waals surface area contributed by atoms with Crippen molar-refractivity contribution in [3.05, 3.63) is 77.0 Å². The molecule has 8 nitrogen and oxygen atoms in total. The van der Waals surface area contributed by atoms with Crippen LogP contribution in [0.4, 0.5) is 0 Å². The number of nitrogens with one attached hydrogen (secondary N) is 2. The number of ether oxygens (including phenoxy) is 1. The maximum Gasteiger partial charge on any atom is 0.255 e. The molecule has 4 aromatic rings. The van der Waals surface area contributed by atoms with Crippen molar-refractivity contribution >= 4 is 18.1 Å². The van der Waals surface area contributed by atoms with E-state index < -0.39 is 0 Å². The van der Waals surface area contributed by atoms with Crippen LogP contribution < -0.4 is 10.1 Å². The summed E-state index contributed by atoms with van der Waals surface area (Å²) in [4.78, 5) is 13.0. The third-order valence-corrected chi connectivity index (χ3v) is 5.31. The van der Waals surface area contributed by atoms with Gasteiger partial charge in [-0.05, 0) is 48.6 Å². The second kappa shape index (κ2) is 8.97. The molecule has 0 atom stereocenters. The largest absolute Gasteiger partial charge is 0.497 e. The SMILES string of the molecule is COc1ccc(-c2nn(-c3ccccc3)cc2C(=O)NCCc2n[nH]c(=S)n2C)cc1. The minimum atomic E-state index is -0.204. The lowest BCUT2D eigenvalue weighted by atomic mass is 10.1. The Morgan fingerprint density at radius 1 is 1.16 bits per heavy atom. The van der Waals surface area contributed by atoms with Crippen molar-refractivity contribution in [3.8, 4) is 22.7 Å². The van der Waals surface area contributed by atoms with E-state index in [0.717, 1.165) is 22.8 Å². The van der Waals surface area contributed by atoms with Crippen molar-refractivity contribution < 1.29 is 9.53 Å². The summed E-state index contributed by atoms with van der Waals surface area (Å²) in [6, 6.07) is 17.2. The van der Waals surface area contributed by atoms with Crippen molar-refractivity contribution in [2.24, 2.45) is 7.05 Å². The van der Waals surface area contributed by atoms with E-state index in [0.29, 0.717) is 29.0 Å². The number of benzene rings is 2. The number of methoxy groups -OCH3 is 1. The van der Waals surface area contributed by atoms with E-state index in [4.69, 9.17) is 22.1 Å². The van der Waals surface area contributed by atoms with Gasteiger partial charge in [-0.25, -0.2) is 4.68 Å². The predicted octanol–water partition coefficient (Wildman–Crippen LogP) is 3.31. The second-order valence-corrected chi connectivity index (χ2v) is 7.30. The van der Waals surface area contributed by atoms with Crippen LogP contribution >= 0.6 is 12.2 Å². The molecular weight excluding hydrogens is 412 g/mol. The van der Waals surface area contributed by atoms with Gasteiger partial charge in [0, 0.05) is 31.8 Å². The van der Waals surface area contributed by atoms with Crippen LogP contribution in [-0.4, -0.2) is 44.1 Å². The molecule has 0 saturated heterocycles. The summed E-state index contributed by atoms with van der Waals surface area (Å²) in [5.74, 6) is 1.32. The summed E-state index contributed by atoms with van der Waals surface area (Å²) in [5, 5.41) is 14.6. The number of carbonyl (C=O) groups is 1. The second-order valence-electron chi connectivity index (χ2n) is 6.91. The Bertz CT molecular complexity index is 1240. The first-order valence-corrected chi connectivity index (χ1v) is 10.2. The monoisotopic (exact) mass is 434 g/mol. The smallest absolute Gasteiger partial charge is 0.255 e. The number of rotatable bonds is 7. The van der Waals surface area contributed by atoms with Crippen LogP contribution in [0.5, 0.6) is 5.75 Å². The number of H-pyrrole nitrogens is 1. The highest BCUT2D eigenvalue weighted by molar-refractivity contribution is 7.71. The average Bonchev–Trinajstić information content (AvgIpc) is 3.39. The van der Waals surface area contributed by atoms with Gasteiger partial charge in [-0.15, -0.1) is 0 Å². The summed E-state index contributed by atoms with van der Waals surface area (Å²) >= 11 is 5.13. The minimum absolute atomic E-state index is 0.204. The number of aromatic amines is 1. The molecule has 0 spiro atoms. The molecule has 0 aliphatic carbocycles. The first-order chi connectivity index (χ1) is 15.1. The maximum atomic E-state index is 13.0. The van der Waals surface area contributed by atoms with Crippen LogP contribution in [0, 0.1) is 4.77 Å². The van der Waals surface area contributed by atoms with Crippen LogP contribution in [-0.2, 0) is 13.5 Å². The fraction of sp³-hybridized carbons (Fsp3) is 0.182. The molecular formula is C22H22N6O2S. The lowest BCUT2D eigenvalue weighted by Gasteiger charge is -2.06. The maximum absolute atomic E-state index is 13.0. The van der Waals surface area contributed by atoms with Crippen LogP contribution in [0.25, 0.3) is 16.9 Å². The van der Waals surface area contributed by atoms with Crippen LogP contribution in [0.3, 0.4) is 0 Å². The first-order valence-electron chi connectivity index (χ1n) is 9.75. The summed E-state index contributed by atoms with van der Waals surface area (Å²) in [7, 11) is 3.46. The molecule has 0 aliphatic rings. The highest BCUT2D eigenvalue weighted by Crippen LogP contribution is 2.26. The van der Waals surface area contributed by atoms with Crippen LogP contribution in [0.1, 0.15) is 16.2 Å². The molecule has 2 aromatic carbocycles. The normalized spacial score (nSPS) is 10.8. The Morgan fingerprint density at radius 3 is 2.55 bits per heavy atom. The molecule has 0 fully saturated rings. The predicted molar refractivity (Wildman–Crippen MR) is 120 cm³/mol. The van der Waals surface area contributed by atoms with Crippen molar-refractivity contribution in [2.45, 2.75) is 6.42 Å². The highest BCUT2D eigenvalue weighted by Gasteiger charge is 2.19. The lowest BCUT2D eigenvalue weighted by Crippen LogP contribution is -2.26. The molecule has 31 heavy (non-hydrogen) atoms. The molecule has 0 radical (unpaired) electrons. The van der Waals surface area contributed by atoms with Crippen molar-refractivity contribution in [1.29, 1.82) is 0 Å². The first kappa shape index (κ1) is 20.5. The summed E-state index contributed by atoms with van der Waals surface area (Å²) < 4.78 is 9.29. The van der Waals surface area contributed by atoms with E-state index in [1.807, 2.05) is 61.6 Å². The van der Waals surface area contributed by atoms with Gasteiger partial charge in [0.25, 0.3) is 5.91 Å². The van der Waals surface area contributed by atoms with E-state index in [1.165, 1.54) is 0 Å². The van der Waals surface area contributed by atoms with Gasteiger partial charge in [-0.3, -0.25) is 9.89 Å². The van der Waals surface area contributed by atoms with E-state index in [1.54, 1.807) is 22.6 Å². The number of hydrogen-bond acceptors (Lipinski definition) is 5. The van der Waals surface area contributed by atoms with Crippen molar-refractivity contribution in [1.82, 2.24) is 29.9 Å². The van der Waals surface area contributed by atoms with Gasteiger partial charge < -0.3 is 14.6 Å². The minimum Gasteiger partial charge on any atom is -0.497 e. The molecule has 4 rings (SSSR count). The van der Waals surface area contributed by atoms with Gasteiger partial charge in [0.05, 0.1) is 18.4 Å². The Labute approximate surface area is 184 Å². The van der Waals surface area contributed by atoms with E-state index in [-0.39, 0.29) is 5.91 Å². The zero-order chi connectivity index (χ0) is 21.8. The molecule has 2 heterocycles. The van der Waals surface area contributed by atoms with Gasteiger partial charge in [-0.1, -0.05) is 18.2 Å². The van der Waals surface area contributed by atoms with Gasteiger partial charge in [0.15, 0.2) is 4.77 Å². The molecule has 1 amide bonds. The van der Waals surface area contributed by atoms with Gasteiger partial charge >= 0.3 is 0 Å².